The van der Waals surface area contributed by atoms with E-state index in [2.05, 4.69) is 31.4 Å². The summed E-state index contributed by atoms with van der Waals surface area (Å²) in [5, 5.41) is 5.94. The van der Waals surface area contributed by atoms with Crippen molar-refractivity contribution in [2.75, 3.05) is 30.9 Å². The molecule has 1 aliphatic rings. The van der Waals surface area contributed by atoms with Crippen molar-refractivity contribution in [2.45, 2.75) is 53.1 Å². The van der Waals surface area contributed by atoms with Gasteiger partial charge in [0.05, 0.1) is 0 Å². The van der Waals surface area contributed by atoms with Crippen molar-refractivity contribution in [3.05, 3.63) is 23.8 Å². The molecule has 1 aromatic carbocycles. The van der Waals surface area contributed by atoms with Crippen molar-refractivity contribution in [3.8, 4) is 0 Å². The minimum absolute atomic E-state index is 0.0594. The van der Waals surface area contributed by atoms with E-state index in [1.807, 2.05) is 49.0 Å². The summed E-state index contributed by atoms with van der Waals surface area (Å²) in [6, 6.07) is 5.97. The molecular formula is C21H34N4O2. The average molecular weight is 375 g/mol. The summed E-state index contributed by atoms with van der Waals surface area (Å²) in [5.41, 5.74) is 2.86. The smallest absolute Gasteiger partial charge is 0.317 e. The predicted molar refractivity (Wildman–Crippen MR) is 111 cm³/mol. The van der Waals surface area contributed by atoms with Gasteiger partial charge in [0, 0.05) is 50.5 Å². The summed E-state index contributed by atoms with van der Waals surface area (Å²) in [6.07, 6.45) is 1.96. The fourth-order valence-electron chi connectivity index (χ4n) is 3.01. The maximum atomic E-state index is 12.7. The molecule has 0 aliphatic heterocycles. The molecule has 0 saturated heterocycles. The average Bonchev–Trinajstić information content (AvgIpc) is 3.44. The third kappa shape index (κ3) is 5.62. The van der Waals surface area contributed by atoms with Crippen LogP contribution >= 0.6 is 0 Å². The third-order valence-corrected chi connectivity index (χ3v) is 5.16. The number of anilines is 2. The molecule has 0 spiro atoms. The molecule has 1 aliphatic carbocycles. The minimum atomic E-state index is -0.0594. The molecule has 1 aromatic rings. The number of carbonyl (C=O) groups excluding carboxylic acids is 2. The highest BCUT2D eigenvalue weighted by Crippen LogP contribution is 2.31. The number of rotatable bonds is 8. The Bertz CT molecular complexity index is 668. The first kappa shape index (κ1) is 21.1. The molecule has 1 fully saturated rings. The second-order valence-corrected chi connectivity index (χ2v) is 7.95. The molecule has 0 radical (unpaired) electrons. The number of urea groups is 1. The SMILES string of the molecule is CCNC(=O)N(Cc1cc(NC(=O)C2CC2)ccc1N(C)C)[C@H](C)C(C)C. The van der Waals surface area contributed by atoms with Gasteiger partial charge in [-0.15, -0.1) is 0 Å². The number of hydrogen-bond acceptors (Lipinski definition) is 3. The van der Waals surface area contributed by atoms with Crippen molar-refractivity contribution in [2.24, 2.45) is 11.8 Å². The summed E-state index contributed by atoms with van der Waals surface area (Å²) in [5.74, 6) is 0.595. The van der Waals surface area contributed by atoms with Gasteiger partial charge in [0.15, 0.2) is 0 Å². The second kappa shape index (κ2) is 9.11. The van der Waals surface area contributed by atoms with Gasteiger partial charge < -0.3 is 20.4 Å². The van der Waals surface area contributed by atoms with Crippen LogP contribution in [-0.4, -0.2) is 43.5 Å². The van der Waals surface area contributed by atoms with Crippen LogP contribution in [0.3, 0.4) is 0 Å². The lowest BCUT2D eigenvalue weighted by Crippen LogP contribution is -2.46. The Morgan fingerprint density at radius 1 is 1.19 bits per heavy atom. The molecule has 1 atom stereocenters. The van der Waals surface area contributed by atoms with Gasteiger partial charge >= 0.3 is 6.03 Å². The lowest BCUT2D eigenvalue weighted by Gasteiger charge is -2.33. The van der Waals surface area contributed by atoms with Gasteiger partial charge in [0.1, 0.15) is 0 Å². The van der Waals surface area contributed by atoms with Crippen LogP contribution in [0.2, 0.25) is 0 Å². The van der Waals surface area contributed by atoms with E-state index in [-0.39, 0.29) is 23.9 Å². The van der Waals surface area contributed by atoms with E-state index in [0.29, 0.717) is 19.0 Å². The number of benzene rings is 1. The monoisotopic (exact) mass is 374 g/mol. The van der Waals surface area contributed by atoms with Gasteiger partial charge in [-0.05, 0) is 56.4 Å². The normalized spacial score (nSPS) is 14.6. The molecule has 1 saturated carbocycles. The number of carbonyl (C=O) groups is 2. The number of nitrogens with zero attached hydrogens (tertiary/aromatic N) is 2. The highest BCUT2D eigenvalue weighted by molar-refractivity contribution is 5.94. The summed E-state index contributed by atoms with van der Waals surface area (Å²) in [6.45, 7) is 9.33. The Labute approximate surface area is 163 Å². The molecule has 2 N–H and O–H groups in total. The van der Waals surface area contributed by atoms with E-state index in [1.165, 1.54) is 0 Å². The standard InChI is InChI=1S/C21H34N4O2/c1-7-22-21(27)25(15(4)14(2)3)13-17-12-18(10-11-19(17)24(5)6)23-20(26)16-8-9-16/h10-12,14-16H,7-9,13H2,1-6H3,(H,22,27)(H,23,26)/t15-/m1/s1. The Balaban J connectivity index is 2.30. The summed E-state index contributed by atoms with van der Waals surface area (Å²) in [4.78, 5) is 28.7. The quantitative estimate of drug-likeness (QED) is 0.730. The Hall–Kier alpha value is -2.24. The lowest BCUT2D eigenvalue weighted by atomic mass is 10.0. The maximum absolute atomic E-state index is 12.7. The number of nitrogens with one attached hydrogen (secondary N) is 2. The van der Waals surface area contributed by atoms with E-state index < -0.39 is 0 Å². The summed E-state index contributed by atoms with van der Waals surface area (Å²) >= 11 is 0. The van der Waals surface area contributed by atoms with Crippen LogP contribution in [0.5, 0.6) is 0 Å². The zero-order valence-corrected chi connectivity index (χ0v) is 17.5. The van der Waals surface area contributed by atoms with E-state index in [1.54, 1.807) is 0 Å². The van der Waals surface area contributed by atoms with Crippen molar-refractivity contribution >= 4 is 23.3 Å². The molecule has 0 unspecified atom stereocenters. The molecule has 6 heteroatoms. The molecule has 27 heavy (non-hydrogen) atoms. The molecule has 2 rings (SSSR count). The second-order valence-electron chi connectivity index (χ2n) is 7.95. The van der Waals surface area contributed by atoms with E-state index in [9.17, 15) is 9.59 Å². The largest absolute Gasteiger partial charge is 0.377 e. The summed E-state index contributed by atoms with van der Waals surface area (Å²) < 4.78 is 0. The fraction of sp³-hybridized carbons (Fsp3) is 0.619. The minimum Gasteiger partial charge on any atom is -0.377 e. The first-order chi connectivity index (χ1) is 12.7. The third-order valence-electron chi connectivity index (χ3n) is 5.16. The van der Waals surface area contributed by atoms with Gasteiger partial charge in [-0.3, -0.25) is 4.79 Å². The van der Waals surface area contributed by atoms with Gasteiger partial charge in [-0.25, -0.2) is 4.79 Å². The van der Waals surface area contributed by atoms with Gasteiger partial charge in [0.2, 0.25) is 5.91 Å². The topological polar surface area (TPSA) is 64.7 Å². The van der Waals surface area contributed by atoms with Crippen LogP contribution in [0.25, 0.3) is 0 Å². The van der Waals surface area contributed by atoms with E-state index in [4.69, 9.17) is 0 Å². The van der Waals surface area contributed by atoms with Gasteiger partial charge in [-0.2, -0.15) is 0 Å². The maximum Gasteiger partial charge on any atom is 0.317 e. The van der Waals surface area contributed by atoms with Crippen LogP contribution in [0, 0.1) is 11.8 Å². The first-order valence-electron chi connectivity index (χ1n) is 9.90. The Kier molecular flexibility index (Phi) is 7.11. The lowest BCUT2D eigenvalue weighted by molar-refractivity contribution is -0.117. The van der Waals surface area contributed by atoms with Crippen LogP contribution < -0.4 is 15.5 Å². The molecule has 0 heterocycles. The van der Waals surface area contributed by atoms with Crippen molar-refractivity contribution in [1.29, 1.82) is 0 Å². The Morgan fingerprint density at radius 2 is 1.85 bits per heavy atom. The van der Waals surface area contributed by atoms with Gasteiger partial charge in [0.25, 0.3) is 0 Å². The fourth-order valence-corrected chi connectivity index (χ4v) is 3.01. The van der Waals surface area contributed by atoms with Crippen LogP contribution in [0.15, 0.2) is 18.2 Å². The highest BCUT2D eigenvalue weighted by Gasteiger charge is 2.30. The predicted octanol–water partition coefficient (Wildman–Crippen LogP) is 3.68. The van der Waals surface area contributed by atoms with Gasteiger partial charge in [-0.1, -0.05) is 13.8 Å². The van der Waals surface area contributed by atoms with E-state index >= 15 is 0 Å². The molecule has 3 amide bonds. The van der Waals surface area contributed by atoms with Crippen LogP contribution in [0.4, 0.5) is 16.2 Å². The number of amides is 3. The van der Waals surface area contributed by atoms with Crippen molar-refractivity contribution < 1.29 is 9.59 Å². The van der Waals surface area contributed by atoms with Crippen LogP contribution in [0.1, 0.15) is 46.1 Å². The molecule has 150 valence electrons. The summed E-state index contributed by atoms with van der Waals surface area (Å²) in [7, 11) is 3.98. The van der Waals surface area contributed by atoms with Crippen LogP contribution in [-0.2, 0) is 11.3 Å². The highest BCUT2D eigenvalue weighted by atomic mass is 16.2. The number of hydrogen-bond donors (Lipinski definition) is 2. The zero-order valence-electron chi connectivity index (χ0n) is 17.5. The molecule has 6 nitrogen and oxygen atoms in total. The zero-order chi connectivity index (χ0) is 20.1. The first-order valence-corrected chi connectivity index (χ1v) is 9.90. The molecular weight excluding hydrogens is 340 g/mol. The molecule has 0 aromatic heterocycles. The molecule has 0 bridgehead atoms. The van der Waals surface area contributed by atoms with Crippen molar-refractivity contribution in [3.63, 3.8) is 0 Å². The Morgan fingerprint density at radius 3 is 2.37 bits per heavy atom. The van der Waals surface area contributed by atoms with Crippen molar-refractivity contribution in [1.82, 2.24) is 10.2 Å². The van der Waals surface area contributed by atoms with E-state index in [0.717, 1.165) is 29.8 Å².